The molecule has 5 heteroatoms. The van der Waals surface area contributed by atoms with Gasteiger partial charge in [-0.25, -0.2) is 9.98 Å². The molecule has 2 aromatic carbocycles. The Bertz CT molecular complexity index is 942. The van der Waals surface area contributed by atoms with Crippen molar-refractivity contribution in [3.8, 4) is 22.8 Å². The molecule has 3 aromatic rings. The summed E-state index contributed by atoms with van der Waals surface area (Å²) >= 11 is 3.57. The van der Waals surface area contributed by atoms with Crippen LogP contribution >= 0.6 is 15.9 Å². The quantitative estimate of drug-likeness (QED) is 0.348. The zero-order valence-corrected chi connectivity index (χ0v) is 17.3. The number of ether oxygens (including phenoxy) is 1. The molecular weight excluding hydrogens is 402 g/mol. The zero-order valence-electron chi connectivity index (χ0n) is 15.7. The minimum absolute atomic E-state index is 0.527. The molecule has 0 aliphatic heterocycles. The number of hydrogen-bond donors (Lipinski definition) is 0. The van der Waals surface area contributed by atoms with Gasteiger partial charge in [-0.2, -0.15) is 0 Å². The molecule has 0 saturated carbocycles. The van der Waals surface area contributed by atoms with Gasteiger partial charge < -0.3 is 9.64 Å². The minimum Gasteiger partial charge on any atom is -0.437 e. The molecule has 1 aromatic heterocycles. The second-order valence-corrected chi connectivity index (χ2v) is 7.02. The maximum Gasteiger partial charge on any atom is 0.234 e. The third-order valence-electron chi connectivity index (χ3n) is 4.18. The third kappa shape index (κ3) is 4.74. The molecule has 138 valence electrons. The van der Waals surface area contributed by atoms with Crippen molar-refractivity contribution in [2.45, 2.75) is 13.8 Å². The lowest BCUT2D eigenvalue weighted by molar-refractivity contribution is 0.460. The van der Waals surface area contributed by atoms with E-state index in [2.05, 4.69) is 45.0 Å². The van der Waals surface area contributed by atoms with Gasteiger partial charge in [0.2, 0.25) is 5.88 Å². The Balaban J connectivity index is 1.91. The smallest absolute Gasteiger partial charge is 0.234 e. The van der Waals surface area contributed by atoms with Crippen LogP contribution in [0.3, 0.4) is 0 Å². The maximum atomic E-state index is 6.16. The summed E-state index contributed by atoms with van der Waals surface area (Å²) in [5.74, 6) is 1.29. The highest BCUT2D eigenvalue weighted by molar-refractivity contribution is 9.10. The number of nitrogens with zero attached hydrogens (tertiary/aromatic N) is 3. The summed E-state index contributed by atoms with van der Waals surface area (Å²) in [6, 6.07) is 20.1. The molecule has 4 nitrogen and oxygen atoms in total. The van der Waals surface area contributed by atoms with Crippen molar-refractivity contribution in [1.82, 2.24) is 9.88 Å². The molecule has 0 amide bonds. The number of aryl methyl sites for hydroxylation is 1. The molecule has 0 saturated heterocycles. The first-order valence-corrected chi connectivity index (χ1v) is 9.61. The Morgan fingerprint density at radius 3 is 2.56 bits per heavy atom. The third-order valence-corrected chi connectivity index (χ3v) is 4.75. The number of aliphatic imine (C=N–C) groups is 1. The van der Waals surface area contributed by atoms with Gasteiger partial charge in [-0.1, -0.05) is 48.5 Å². The lowest BCUT2D eigenvalue weighted by Crippen LogP contribution is -2.14. The predicted molar refractivity (Wildman–Crippen MR) is 115 cm³/mol. The lowest BCUT2D eigenvalue weighted by atomic mass is 10.1. The molecule has 0 aliphatic rings. The van der Waals surface area contributed by atoms with E-state index in [1.54, 1.807) is 0 Å². The average Bonchev–Trinajstić information content (AvgIpc) is 2.70. The number of halogens is 1. The van der Waals surface area contributed by atoms with Crippen LogP contribution in [0.2, 0.25) is 0 Å². The molecule has 0 atom stereocenters. The summed E-state index contributed by atoms with van der Waals surface area (Å²) in [7, 11) is 1.99. The summed E-state index contributed by atoms with van der Waals surface area (Å²) < 4.78 is 6.92. The largest absolute Gasteiger partial charge is 0.437 e. The van der Waals surface area contributed by atoms with E-state index in [1.165, 1.54) is 0 Å². The van der Waals surface area contributed by atoms with Crippen molar-refractivity contribution < 1.29 is 4.74 Å². The van der Waals surface area contributed by atoms with Crippen LogP contribution in [0.4, 0.5) is 5.69 Å². The molecule has 0 bridgehead atoms. The second kappa shape index (κ2) is 8.82. The van der Waals surface area contributed by atoms with Gasteiger partial charge >= 0.3 is 0 Å². The van der Waals surface area contributed by atoms with Gasteiger partial charge in [0, 0.05) is 19.2 Å². The van der Waals surface area contributed by atoms with Gasteiger partial charge in [0.05, 0.1) is 22.2 Å². The summed E-state index contributed by atoms with van der Waals surface area (Å²) in [4.78, 5) is 11.1. The summed E-state index contributed by atoms with van der Waals surface area (Å²) in [6.45, 7) is 4.91. The Hall–Kier alpha value is -2.66. The normalized spacial score (nSPS) is 11.0. The summed E-state index contributed by atoms with van der Waals surface area (Å²) in [5.41, 5.74) is 3.75. The Kier molecular flexibility index (Phi) is 6.24. The highest BCUT2D eigenvalue weighted by Gasteiger charge is 2.12. The summed E-state index contributed by atoms with van der Waals surface area (Å²) in [6.07, 6.45) is 1.81. The molecule has 1 heterocycles. The van der Waals surface area contributed by atoms with Crippen molar-refractivity contribution in [2.75, 3.05) is 13.6 Å². The number of hydrogen-bond acceptors (Lipinski definition) is 3. The van der Waals surface area contributed by atoms with Crippen LogP contribution in [-0.2, 0) is 0 Å². The van der Waals surface area contributed by atoms with Crippen LogP contribution < -0.4 is 4.74 Å². The minimum atomic E-state index is 0.527. The Morgan fingerprint density at radius 2 is 1.81 bits per heavy atom. The Morgan fingerprint density at radius 1 is 1.11 bits per heavy atom. The fourth-order valence-corrected chi connectivity index (χ4v) is 2.90. The fourth-order valence-electron chi connectivity index (χ4n) is 2.51. The second-order valence-electron chi connectivity index (χ2n) is 6.16. The molecule has 0 unspecified atom stereocenters. The molecule has 0 radical (unpaired) electrons. The van der Waals surface area contributed by atoms with Crippen molar-refractivity contribution in [1.29, 1.82) is 0 Å². The predicted octanol–water partition coefficient (Wildman–Crippen LogP) is 6.22. The van der Waals surface area contributed by atoms with Crippen molar-refractivity contribution in [2.24, 2.45) is 4.99 Å². The molecular formula is C22H22BrN3O. The van der Waals surface area contributed by atoms with E-state index in [4.69, 9.17) is 4.74 Å². The van der Waals surface area contributed by atoms with Gasteiger partial charge in [0.15, 0.2) is 0 Å². The lowest BCUT2D eigenvalue weighted by Gasteiger charge is -2.13. The van der Waals surface area contributed by atoms with E-state index in [0.29, 0.717) is 5.88 Å². The van der Waals surface area contributed by atoms with Crippen LogP contribution in [0.25, 0.3) is 11.1 Å². The van der Waals surface area contributed by atoms with Crippen molar-refractivity contribution >= 4 is 28.0 Å². The molecule has 0 aliphatic carbocycles. The van der Waals surface area contributed by atoms with Crippen molar-refractivity contribution in [3.63, 3.8) is 0 Å². The highest BCUT2D eigenvalue weighted by Crippen LogP contribution is 2.37. The van der Waals surface area contributed by atoms with Crippen LogP contribution in [0.5, 0.6) is 11.6 Å². The topological polar surface area (TPSA) is 37.7 Å². The van der Waals surface area contributed by atoms with E-state index in [0.717, 1.165) is 39.3 Å². The highest BCUT2D eigenvalue weighted by atomic mass is 79.9. The van der Waals surface area contributed by atoms with Crippen LogP contribution in [-0.4, -0.2) is 29.8 Å². The van der Waals surface area contributed by atoms with Gasteiger partial charge in [-0.05, 0) is 47.5 Å². The van der Waals surface area contributed by atoms with E-state index >= 15 is 0 Å². The maximum absolute atomic E-state index is 6.16. The number of aromatic nitrogens is 1. The molecule has 27 heavy (non-hydrogen) atoms. The van der Waals surface area contributed by atoms with E-state index in [1.807, 2.05) is 73.7 Å². The van der Waals surface area contributed by atoms with Crippen LogP contribution in [0.1, 0.15) is 12.6 Å². The molecule has 3 rings (SSSR count). The monoisotopic (exact) mass is 423 g/mol. The molecule has 0 spiro atoms. The number of para-hydroxylation sites is 1. The number of pyridine rings is 1. The first kappa shape index (κ1) is 19.1. The van der Waals surface area contributed by atoms with E-state index in [9.17, 15) is 0 Å². The SMILES string of the molecule is CCN(C)/C=N/c1cc(Br)c(Oc2ccccc2-c2ccccc2)nc1C. The number of rotatable bonds is 6. The van der Waals surface area contributed by atoms with Crippen molar-refractivity contribution in [3.05, 3.63) is 70.8 Å². The van der Waals surface area contributed by atoms with Gasteiger partial charge in [-0.3, -0.25) is 0 Å². The van der Waals surface area contributed by atoms with Gasteiger partial charge in [0.1, 0.15) is 5.75 Å². The molecule has 0 N–H and O–H groups in total. The van der Waals surface area contributed by atoms with Crippen LogP contribution in [0.15, 0.2) is 70.1 Å². The van der Waals surface area contributed by atoms with E-state index in [-0.39, 0.29) is 0 Å². The molecule has 0 fully saturated rings. The van der Waals surface area contributed by atoms with Gasteiger partial charge in [0.25, 0.3) is 0 Å². The zero-order chi connectivity index (χ0) is 19.2. The first-order valence-electron chi connectivity index (χ1n) is 8.82. The number of benzene rings is 2. The fraction of sp³-hybridized carbons (Fsp3) is 0.182. The first-order chi connectivity index (χ1) is 13.1. The summed E-state index contributed by atoms with van der Waals surface area (Å²) in [5, 5.41) is 0. The van der Waals surface area contributed by atoms with Gasteiger partial charge in [-0.15, -0.1) is 0 Å². The standard InChI is InChI=1S/C22H22BrN3O/c1-4-26(3)15-24-20-14-19(23)22(25-16(20)2)27-21-13-9-8-12-18(21)17-10-6-5-7-11-17/h5-15H,4H2,1-3H3/b24-15+. The van der Waals surface area contributed by atoms with Crippen LogP contribution in [0, 0.1) is 6.92 Å². The average molecular weight is 424 g/mol. The Labute approximate surface area is 168 Å². The van der Waals surface area contributed by atoms with E-state index < -0.39 is 0 Å².